The molecular weight excluding hydrogens is 390 g/mol. The highest BCUT2D eigenvalue weighted by molar-refractivity contribution is 7.89. The van der Waals surface area contributed by atoms with Gasteiger partial charge in [0.1, 0.15) is 0 Å². The van der Waals surface area contributed by atoms with Crippen molar-refractivity contribution in [3.8, 4) is 0 Å². The molecule has 29 heavy (non-hydrogen) atoms. The molecule has 2 rings (SSSR count). The van der Waals surface area contributed by atoms with E-state index in [1.54, 1.807) is 18.2 Å². The maximum absolute atomic E-state index is 12.0. The van der Waals surface area contributed by atoms with Gasteiger partial charge >= 0.3 is 0 Å². The third-order valence-corrected chi connectivity index (χ3v) is 5.70. The van der Waals surface area contributed by atoms with E-state index >= 15 is 0 Å². The highest BCUT2D eigenvalue weighted by Gasteiger charge is 2.15. The molecule has 0 aromatic heterocycles. The highest BCUT2D eigenvalue weighted by Crippen LogP contribution is 2.22. The van der Waals surface area contributed by atoms with Gasteiger partial charge in [-0.3, -0.25) is 20.4 Å². The number of nitrogens with one attached hydrogen (secondary N) is 3. The number of carbonyl (C=O) groups is 2. The van der Waals surface area contributed by atoms with Crippen LogP contribution in [0.25, 0.3) is 0 Å². The molecule has 0 fully saturated rings. The Balaban J connectivity index is 1.73. The summed E-state index contributed by atoms with van der Waals surface area (Å²) in [6.07, 6.45) is 0.734. The van der Waals surface area contributed by atoms with Gasteiger partial charge in [0, 0.05) is 6.42 Å². The largest absolute Gasteiger partial charge is 0.273 e. The van der Waals surface area contributed by atoms with Gasteiger partial charge < -0.3 is 0 Å². The summed E-state index contributed by atoms with van der Waals surface area (Å²) in [6.45, 7) is 5.93. The van der Waals surface area contributed by atoms with Gasteiger partial charge in [-0.25, -0.2) is 13.1 Å². The molecule has 2 amide bonds. The Kier molecular flexibility index (Phi) is 7.53. The van der Waals surface area contributed by atoms with E-state index in [2.05, 4.69) is 36.3 Å². The maximum Gasteiger partial charge on any atom is 0.253 e. The van der Waals surface area contributed by atoms with Crippen molar-refractivity contribution in [2.75, 3.05) is 6.54 Å². The first-order chi connectivity index (χ1) is 13.6. The number of sulfonamides is 1. The molecule has 0 unspecified atom stereocenters. The van der Waals surface area contributed by atoms with E-state index in [0.29, 0.717) is 6.42 Å². The predicted octanol–water partition coefficient (Wildman–Crippen LogP) is 2.04. The smallest absolute Gasteiger partial charge is 0.253 e. The van der Waals surface area contributed by atoms with E-state index in [9.17, 15) is 18.0 Å². The summed E-state index contributed by atoms with van der Waals surface area (Å²) in [5.74, 6) is -1.02. The zero-order valence-electron chi connectivity index (χ0n) is 16.9. The van der Waals surface area contributed by atoms with Gasteiger partial charge in [0.15, 0.2) is 0 Å². The molecule has 2 aromatic carbocycles. The minimum absolute atomic E-state index is 0.0642. The van der Waals surface area contributed by atoms with Crippen LogP contribution in [0.2, 0.25) is 0 Å². The van der Waals surface area contributed by atoms with Gasteiger partial charge in [0.05, 0.1) is 11.4 Å². The summed E-state index contributed by atoms with van der Waals surface area (Å²) in [7, 11) is -3.78. The lowest BCUT2D eigenvalue weighted by molar-refractivity contribution is -0.128. The Hall–Kier alpha value is -2.71. The second-order valence-corrected chi connectivity index (χ2v) is 9.45. The first kappa shape index (κ1) is 22.6. The first-order valence-electron chi connectivity index (χ1n) is 9.30. The van der Waals surface area contributed by atoms with Gasteiger partial charge in [0.25, 0.3) is 5.91 Å². The fourth-order valence-electron chi connectivity index (χ4n) is 2.52. The van der Waals surface area contributed by atoms with Crippen molar-refractivity contribution >= 4 is 21.8 Å². The lowest BCUT2D eigenvalue weighted by Gasteiger charge is -2.19. The van der Waals surface area contributed by atoms with Gasteiger partial charge in [-0.1, -0.05) is 63.2 Å². The lowest BCUT2D eigenvalue weighted by Crippen LogP contribution is -2.46. The van der Waals surface area contributed by atoms with Gasteiger partial charge in [0.2, 0.25) is 15.9 Å². The van der Waals surface area contributed by atoms with Crippen molar-refractivity contribution in [3.63, 3.8) is 0 Å². The highest BCUT2D eigenvalue weighted by atomic mass is 32.2. The van der Waals surface area contributed by atoms with E-state index < -0.39 is 22.5 Å². The fraction of sp³-hybridized carbons (Fsp3) is 0.333. The van der Waals surface area contributed by atoms with Crippen molar-refractivity contribution in [2.24, 2.45) is 0 Å². The van der Waals surface area contributed by atoms with Crippen LogP contribution in [0.15, 0.2) is 59.5 Å². The quantitative estimate of drug-likeness (QED) is 0.600. The van der Waals surface area contributed by atoms with Crippen LogP contribution in [0.4, 0.5) is 0 Å². The van der Waals surface area contributed by atoms with E-state index in [1.165, 1.54) is 17.7 Å². The van der Waals surface area contributed by atoms with Crippen molar-refractivity contribution in [2.45, 2.75) is 43.9 Å². The SMILES string of the molecule is CC(C)(C)c1ccc(CCC(=O)NNC(=O)CNS(=O)(=O)c2ccccc2)cc1. The van der Waals surface area contributed by atoms with Crippen LogP contribution in [0, 0.1) is 0 Å². The average molecular weight is 418 g/mol. The summed E-state index contributed by atoms with van der Waals surface area (Å²) >= 11 is 0. The molecule has 0 aliphatic carbocycles. The van der Waals surface area contributed by atoms with Gasteiger partial charge in [-0.2, -0.15) is 0 Å². The van der Waals surface area contributed by atoms with E-state index in [-0.39, 0.29) is 22.6 Å². The lowest BCUT2D eigenvalue weighted by atomic mass is 9.86. The van der Waals surface area contributed by atoms with Crippen LogP contribution in [0.5, 0.6) is 0 Å². The minimum Gasteiger partial charge on any atom is -0.273 e. The van der Waals surface area contributed by atoms with Gasteiger partial charge in [-0.05, 0) is 35.1 Å². The summed E-state index contributed by atoms with van der Waals surface area (Å²) in [4.78, 5) is 23.7. The van der Waals surface area contributed by atoms with Crippen LogP contribution in [-0.4, -0.2) is 26.8 Å². The topological polar surface area (TPSA) is 104 Å². The number of benzene rings is 2. The van der Waals surface area contributed by atoms with Crippen molar-refractivity contribution in [3.05, 3.63) is 65.7 Å². The zero-order chi connectivity index (χ0) is 21.5. The molecule has 0 radical (unpaired) electrons. The molecule has 0 aliphatic heterocycles. The zero-order valence-corrected chi connectivity index (χ0v) is 17.7. The normalized spacial score (nSPS) is 11.7. The Labute approximate surface area is 171 Å². The first-order valence-corrected chi connectivity index (χ1v) is 10.8. The molecule has 8 heteroatoms. The molecule has 3 N–H and O–H groups in total. The van der Waals surface area contributed by atoms with Crippen LogP contribution in [0.3, 0.4) is 0 Å². The molecule has 156 valence electrons. The van der Waals surface area contributed by atoms with Crippen LogP contribution < -0.4 is 15.6 Å². The Morgan fingerprint density at radius 1 is 0.862 bits per heavy atom. The Bertz CT molecular complexity index is 934. The molecule has 2 aromatic rings. The third-order valence-electron chi connectivity index (χ3n) is 4.28. The average Bonchev–Trinajstić information content (AvgIpc) is 2.69. The number of rotatable bonds is 7. The summed E-state index contributed by atoms with van der Waals surface area (Å²) in [5.41, 5.74) is 6.81. The minimum atomic E-state index is -3.78. The molecule has 0 saturated heterocycles. The number of amides is 2. The van der Waals surface area contributed by atoms with Crippen LogP contribution in [0.1, 0.15) is 38.3 Å². The Morgan fingerprint density at radius 3 is 2.03 bits per heavy atom. The molecule has 0 atom stereocenters. The number of hydrogen-bond donors (Lipinski definition) is 3. The number of hydrogen-bond acceptors (Lipinski definition) is 4. The van der Waals surface area contributed by atoms with Crippen molar-refractivity contribution in [1.82, 2.24) is 15.6 Å². The standard InChI is InChI=1S/C21H27N3O4S/c1-21(2,3)17-12-9-16(10-13-17)11-14-19(25)23-24-20(26)15-22-29(27,28)18-7-5-4-6-8-18/h4-10,12-13,22H,11,14-15H2,1-3H3,(H,23,25)(H,24,26). The fourth-order valence-corrected chi connectivity index (χ4v) is 3.52. The molecule has 0 aliphatic rings. The number of aryl methyl sites for hydroxylation is 1. The molecule has 7 nitrogen and oxygen atoms in total. The van der Waals surface area contributed by atoms with E-state index in [1.807, 2.05) is 24.3 Å². The monoisotopic (exact) mass is 417 g/mol. The molecule has 0 heterocycles. The third kappa shape index (κ3) is 7.32. The maximum atomic E-state index is 12.0. The Morgan fingerprint density at radius 2 is 1.45 bits per heavy atom. The molecular formula is C21H27N3O4S. The van der Waals surface area contributed by atoms with E-state index in [4.69, 9.17) is 0 Å². The molecule has 0 bridgehead atoms. The summed E-state index contributed by atoms with van der Waals surface area (Å²) in [6, 6.07) is 15.8. The van der Waals surface area contributed by atoms with Gasteiger partial charge in [-0.15, -0.1) is 0 Å². The number of carbonyl (C=O) groups excluding carboxylic acids is 2. The van der Waals surface area contributed by atoms with Crippen molar-refractivity contribution in [1.29, 1.82) is 0 Å². The van der Waals surface area contributed by atoms with Crippen molar-refractivity contribution < 1.29 is 18.0 Å². The predicted molar refractivity (Wildman–Crippen MR) is 111 cm³/mol. The second-order valence-electron chi connectivity index (χ2n) is 7.68. The van der Waals surface area contributed by atoms with Crippen LogP contribution >= 0.6 is 0 Å². The van der Waals surface area contributed by atoms with E-state index in [0.717, 1.165) is 5.56 Å². The molecule has 0 spiro atoms. The summed E-state index contributed by atoms with van der Waals surface area (Å²) in [5, 5.41) is 0. The second kappa shape index (κ2) is 9.67. The van der Waals surface area contributed by atoms with Crippen LogP contribution in [-0.2, 0) is 31.4 Å². The summed E-state index contributed by atoms with van der Waals surface area (Å²) < 4.78 is 26.3. The molecule has 0 saturated carbocycles. The number of hydrazine groups is 1.